The van der Waals surface area contributed by atoms with Gasteiger partial charge in [0.15, 0.2) is 0 Å². The van der Waals surface area contributed by atoms with Crippen molar-refractivity contribution in [1.29, 1.82) is 0 Å². The molecular formula is C23H36NO3+. The minimum atomic E-state index is -0.483. The van der Waals surface area contributed by atoms with Crippen LogP contribution in [0.15, 0.2) is 23.3 Å². The first-order chi connectivity index (χ1) is 13.0. The van der Waals surface area contributed by atoms with Gasteiger partial charge < -0.3 is 15.2 Å². The van der Waals surface area contributed by atoms with Crippen molar-refractivity contribution in [2.45, 2.75) is 77.4 Å². The third-order valence-corrected chi connectivity index (χ3v) is 8.05. The molecule has 4 heteroatoms. The maximum Gasteiger partial charge on any atom is 0.315 e. The first-order valence-corrected chi connectivity index (χ1v) is 11.1. The van der Waals surface area contributed by atoms with E-state index < -0.39 is 6.10 Å². The topological polar surface area (TPSA) is 63.1 Å². The summed E-state index contributed by atoms with van der Waals surface area (Å²) in [7, 11) is 0. The van der Waals surface area contributed by atoms with Gasteiger partial charge in [-0.05, 0) is 44.4 Å². The molecule has 150 valence electrons. The normalized spacial score (nSPS) is 41.3. The van der Waals surface area contributed by atoms with Crippen LogP contribution in [0.4, 0.5) is 0 Å². The summed E-state index contributed by atoms with van der Waals surface area (Å²) in [4.78, 5) is 12.6. The Morgan fingerprint density at radius 2 is 2.15 bits per heavy atom. The number of hydrogen-bond donors (Lipinski definition) is 2. The lowest BCUT2D eigenvalue weighted by atomic mass is 9.55. The van der Waals surface area contributed by atoms with E-state index in [0.717, 1.165) is 38.8 Å². The number of hydrogen-bond acceptors (Lipinski definition) is 3. The highest BCUT2D eigenvalue weighted by atomic mass is 16.6. The van der Waals surface area contributed by atoms with Crippen LogP contribution >= 0.6 is 0 Å². The lowest BCUT2D eigenvalue weighted by molar-refractivity contribution is -0.659. The van der Waals surface area contributed by atoms with Crippen LogP contribution in [0.2, 0.25) is 0 Å². The van der Waals surface area contributed by atoms with Gasteiger partial charge in [0.2, 0.25) is 0 Å². The molecule has 1 aliphatic heterocycles. The Bertz CT molecular complexity index is 640. The number of carbonyl (C=O) groups is 1. The van der Waals surface area contributed by atoms with E-state index in [0.29, 0.717) is 5.92 Å². The molecule has 0 unspecified atom stereocenters. The zero-order valence-electron chi connectivity index (χ0n) is 17.0. The van der Waals surface area contributed by atoms with Crippen molar-refractivity contribution < 1.29 is 20.0 Å². The molecule has 0 aromatic heterocycles. The highest BCUT2D eigenvalue weighted by Crippen LogP contribution is 2.55. The second-order valence-corrected chi connectivity index (χ2v) is 9.47. The first kappa shape index (κ1) is 19.2. The lowest BCUT2D eigenvalue weighted by Crippen LogP contribution is -2.86. The van der Waals surface area contributed by atoms with E-state index >= 15 is 0 Å². The molecule has 27 heavy (non-hydrogen) atoms. The molecule has 1 saturated heterocycles. The van der Waals surface area contributed by atoms with Crippen LogP contribution in [-0.2, 0) is 9.53 Å². The molecule has 0 radical (unpaired) electrons. The third-order valence-electron chi connectivity index (χ3n) is 8.05. The van der Waals surface area contributed by atoms with Crippen molar-refractivity contribution in [3.8, 4) is 0 Å². The molecule has 3 aliphatic carbocycles. The second-order valence-electron chi connectivity index (χ2n) is 9.47. The fourth-order valence-corrected chi connectivity index (χ4v) is 6.05. The van der Waals surface area contributed by atoms with Gasteiger partial charge in [0.1, 0.15) is 12.0 Å². The second kappa shape index (κ2) is 7.71. The van der Waals surface area contributed by atoms with Gasteiger partial charge in [-0.2, -0.15) is 0 Å². The van der Waals surface area contributed by atoms with Crippen molar-refractivity contribution in [2.24, 2.45) is 23.2 Å². The molecule has 0 aromatic carbocycles. The minimum Gasteiger partial charge on any atom is -0.461 e. The predicted molar refractivity (Wildman–Crippen MR) is 105 cm³/mol. The fraction of sp³-hybridized carbons (Fsp3) is 0.783. The molecule has 1 heterocycles. The van der Waals surface area contributed by atoms with Gasteiger partial charge in [-0.25, -0.2) is 0 Å². The summed E-state index contributed by atoms with van der Waals surface area (Å²) in [6.45, 7) is 6.24. The molecule has 0 aromatic rings. The molecule has 6 atom stereocenters. The van der Waals surface area contributed by atoms with Crippen LogP contribution in [-0.4, -0.2) is 36.4 Å². The Morgan fingerprint density at radius 3 is 2.93 bits per heavy atom. The smallest absolute Gasteiger partial charge is 0.315 e. The van der Waals surface area contributed by atoms with Gasteiger partial charge >= 0.3 is 5.97 Å². The number of rotatable bonds is 5. The Kier molecular flexibility index (Phi) is 5.48. The maximum atomic E-state index is 12.6. The van der Waals surface area contributed by atoms with Gasteiger partial charge in [-0.15, -0.1) is 0 Å². The summed E-state index contributed by atoms with van der Waals surface area (Å²) in [5, 5.41) is 13.6. The van der Waals surface area contributed by atoms with Crippen molar-refractivity contribution in [3.05, 3.63) is 23.3 Å². The van der Waals surface area contributed by atoms with E-state index in [-0.39, 0.29) is 29.3 Å². The summed E-state index contributed by atoms with van der Waals surface area (Å²) in [6.07, 6.45) is 13.4. The molecule has 4 aliphatic rings. The molecular weight excluding hydrogens is 338 g/mol. The van der Waals surface area contributed by atoms with Gasteiger partial charge in [0, 0.05) is 24.2 Å². The van der Waals surface area contributed by atoms with E-state index in [4.69, 9.17) is 4.74 Å². The number of carbonyl (C=O) groups excluding carboxylic acids is 1. The fourth-order valence-electron chi connectivity index (χ4n) is 6.05. The van der Waals surface area contributed by atoms with Crippen molar-refractivity contribution in [2.75, 3.05) is 13.1 Å². The minimum absolute atomic E-state index is 0.0506. The largest absolute Gasteiger partial charge is 0.461 e. The number of aliphatic hydroxyl groups excluding tert-OH is 1. The van der Waals surface area contributed by atoms with Crippen molar-refractivity contribution in [3.63, 3.8) is 0 Å². The van der Waals surface area contributed by atoms with Crippen LogP contribution in [0.3, 0.4) is 0 Å². The van der Waals surface area contributed by atoms with Gasteiger partial charge in [-0.1, -0.05) is 37.1 Å². The highest BCUT2D eigenvalue weighted by Gasteiger charge is 2.60. The SMILES string of the molecule is C[C@H]1CCC=C2C[C@H]3OC(=O)[C@@H](C[NH2+]CCC4=CCCCC4)[C@H]3[C@@H](O)[C@@]21C. The summed E-state index contributed by atoms with van der Waals surface area (Å²) >= 11 is 0. The number of aliphatic hydroxyl groups is 1. The number of quaternary nitrogens is 1. The monoisotopic (exact) mass is 374 g/mol. The van der Waals surface area contributed by atoms with Crippen LogP contribution in [0, 0.1) is 23.2 Å². The van der Waals surface area contributed by atoms with Crippen molar-refractivity contribution >= 4 is 5.97 Å². The number of nitrogens with two attached hydrogens (primary N) is 1. The molecule has 4 rings (SSSR count). The average molecular weight is 375 g/mol. The van der Waals surface area contributed by atoms with E-state index in [9.17, 15) is 9.90 Å². The van der Waals surface area contributed by atoms with Gasteiger partial charge in [0.25, 0.3) is 0 Å². The Morgan fingerprint density at radius 1 is 1.30 bits per heavy atom. The number of allylic oxidation sites excluding steroid dienone is 2. The molecule has 0 bridgehead atoms. The summed E-state index contributed by atoms with van der Waals surface area (Å²) < 4.78 is 5.75. The van der Waals surface area contributed by atoms with Gasteiger partial charge in [-0.3, -0.25) is 4.79 Å². The van der Waals surface area contributed by atoms with Crippen LogP contribution < -0.4 is 5.32 Å². The molecule has 4 nitrogen and oxygen atoms in total. The zero-order valence-corrected chi connectivity index (χ0v) is 17.0. The van der Waals surface area contributed by atoms with Crippen molar-refractivity contribution in [1.82, 2.24) is 0 Å². The molecule has 3 N–H and O–H groups in total. The maximum absolute atomic E-state index is 12.6. The van der Waals surface area contributed by atoms with Crippen LogP contribution in [0.25, 0.3) is 0 Å². The quantitative estimate of drug-likeness (QED) is 0.442. The summed E-state index contributed by atoms with van der Waals surface area (Å²) in [6, 6.07) is 0. The standard InChI is InChI=1S/C23H35NO3/c1-15-7-6-10-17-13-19-20(21(25)23(15,17)2)18(22(26)27-19)14-24-12-11-16-8-4-3-5-9-16/h8,10,15,18-21,24-25H,3-7,9,11-14H2,1-2H3/p+1/t15-,18-,19+,20+,21+,23+/m0/s1. The van der Waals surface area contributed by atoms with E-state index in [1.807, 2.05) is 0 Å². The zero-order chi connectivity index (χ0) is 19.0. The predicted octanol–water partition coefficient (Wildman–Crippen LogP) is 2.73. The molecule has 2 fully saturated rings. The van der Waals surface area contributed by atoms with Crippen LogP contribution in [0.1, 0.15) is 65.2 Å². The number of esters is 1. The molecule has 1 saturated carbocycles. The first-order valence-electron chi connectivity index (χ1n) is 11.1. The number of fused-ring (bicyclic) bond motifs is 2. The Labute approximate surface area is 163 Å². The van der Waals surface area contributed by atoms with Crippen LogP contribution in [0.5, 0.6) is 0 Å². The van der Waals surface area contributed by atoms with E-state index in [1.54, 1.807) is 5.57 Å². The summed E-state index contributed by atoms with van der Waals surface area (Å²) in [5.41, 5.74) is 2.70. The Balaban J connectivity index is 1.40. The lowest BCUT2D eigenvalue weighted by Gasteiger charge is -2.51. The van der Waals surface area contributed by atoms with E-state index in [1.165, 1.54) is 31.3 Å². The average Bonchev–Trinajstić information content (AvgIpc) is 2.98. The molecule has 0 spiro atoms. The molecule has 0 amide bonds. The Hall–Kier alpha value is -1.13. The summed E-state index contributed by atoms with van der Waals surface area (Å²) in [5.74, 6) is 0.142. The third kappa shape index (κ3) is 3.40. The highest BCUT2D eigenvalue weighted by molar-refractivity contribution is 5.76. The number of ether oxygens (including phenoxy) is 1. The van der Waals surface area contributed by atoms with Gasteiger partial charge in [0.05, 0.1) is 19.2 Å². The van der Waals surface area contributed by atoms with E-state index in [2.05, 4.69) is 31.3 Å².